The number of aromatic nitrogens is 1. The smallest absolute Gasteiger partial charge is 0.361 e. The number of allylic oxidation sites excluding steroid dienone is 1. The quantitative estimate of drug-likeness (QED) is 0.289. The maximum atomic E-state index is 13.1. The van der Waals surface area contributed by atoms with E-state index < -0.39 is 11.7 Å². The van der Waals surface area contributed by atoms with Gasteiger partial charge in [0.2, 0.25) is 5.69 Å². The van der Waals surface area contributed by atoms with Crippen LogP contribution in [0.1, 0.15) is 22.3 Å². The maximum Gasteiger partial charge on any atom is 0.416 e. The largest absolute Gasteiger partial charge is 0.416 e. The van der Waals surface area contributed by atoms with Gasteiger partial charge in [0, 0.05) is 43.2 Å². The number of fused-ring (bicyclic) bond motifs is 2. The molecule has 7 heteroatoms. The van der Waals surface area contributed by atoms with Crippen LogP contribution in [-0.4, -0.2) is 11.2 Å². The van der Waals surface area contributed by atoms with Gasteiger partial charge in [-0.05, 0) is 48.0 Å². The Balaban J connectivity index is 1.80. The summed E-state index contributed by atoms with van der Waals surface area (Å²) in [5.41, 5.74) is 5.59. The number of hydrogen-bond donors (Lipinski definition) is 2. The highest BCUT2D eigenvalue weighted by molar-refractivity contribution is 9.10. The molecule has 0 unspecified atom stereocenters. The van der Waals surface area contributed by atoms with E-state index in [9.17, 15) is 13.2 Å². The third-order valence-electron chi connectivity index (χ3n) is 5.33. The van der Waals surface area contributed by atoms with E-state index in [0.29, 0.717) is 5.56 Å². The summed E-state index contributed by atoms with van der Waals surface area (Å²) in [6, 6.07) is 17.2. The molecule has 0 aliphatic carbocycles. The van der Waals surface area contributed by atoms with Crippen LogP contribution in [0.25, 0.3) is 22.0 Å². The summed E-state index contributed by atoms with van der Waals surface area (Å²) in [7, 11) is 0. The molecule has 2 heterocycles. The van der Waals surface area contributed by atoms with Gasteiger partial charge >= 0.3 is 6.18 Å². The summed E-state index contributed by atoms with van der Waals surface area (Å²) in [6.45, 7) is 0. The molecule has 0 bridgehead atoms. The van der Waals surface area contributed by atoms with Crippen molar-refractivity contribution >= 4 is 65.8 Å². The average molecular weight is 547 g/mol. The van der Waals surface area contributed by atoms with Crippen molar-refractivity contribution in [1.82, 2.24) is 4.98 Å². The topological polar surface area (TPSA) is 29.8 Å². The first-order valence-corrected chi connectivity index (χ1v) is 11.0. The van der Waals surface area contributed by atoms with Crippen molar-refractivity contribution in [3.05, 3.63) is 98.1 Å². The van der Waals surface area contributed by atoms with Gasteiger partial charge in [0.25, 0.3) is 0 Å². The van der Waals surface area contributed by atoms with Crippen LogP contribution in [0.15, 0.2) is 75.8 Å². The van der Waals surface area contributed by atoms with Gasteiger partial charge in [0.15, 0.2) is 6.21 Å². The van der Waals surface area contributed by atoms with Crippen molar-refractivity contribution in [3.63, 3.8) is 0 Å². The lowest BCUT2D eigenvalue weighted by atomic mass is 9.89. The van der Waals surface area contributed by atoms with Crippen LogP contribution in [0.4, 0.5) is 18.9 Å². The van der Waals surface area contributed by atoms with Crippen molar-refractivity contribution in [1.29, 1.82) is 0 Å². The van der Waals surface area contributed by atoms with Crippen LogP contribution in [0, 0.1) is 0 Å². The second kappa shape index (κ2) is 7.50. The predicted molar refractivity (Wildman–Crippen MR) is 124 cm³/mol. The van der Waals surface area contributed by atoms with E-state index in [0.717, 1.165) is 59.9 Å². The Labute approximate surface area is 192 Å². The van der Waals surface area contributed by atoms with E-state index in [2.05, 4.69) is 41.8 Å². The minimum atomic E-state index is -4.38. The Morgan fingerprint density at radius 2 is 1.58 bits per heavy atom. The monoisotopic (exact) mass is 545 g/mol. The Bertz CT molecular complexity index is 1380. The molecule has 2 N–H and O–H groups in total. The zero-order valence-electron chi connectivity index (χ0n) is 15.8. The fraction of sp³-hybridized carbons (Fsp3) is 0.0417. The minimum absolute atomic E-state index is 0.668. The second-order valence-electron chi connectivity index (χ2n) is 7.23. The summed E-state index contributed by atoms with van der Waals surface area (Å²) in [4.78, 5) is 6.56. The van der Waals surface area contributed by atoms with E-state index in [-0.39, 0.29) is 0 Å². The Morgan fingerprint density at radius 3 is 2.32 bits per heavy atom. The van der Waals surface area contributed by atoms with Crippen LogP contribution in [0.5, 0.6) is 0 Å². The molecule has 5 rings (SSSR count). The Morgan fingerprint density at radius 1 is 0.871 bits per heavy atom. The fourth-order valence-electron chi connectivity index (χ4n) is 3.88. The molecule has 0 radical (unpaired) electrons. The summed E-state index contributed by atoms with van der Waals surface area (Å²) < 4.78 is 41.3. The molecule has 1 aliphatic rings. The van der Waals surface area contributed by atoms with E-state index in [1.165, 1.54) is 12.1 Å². The molecule has 2 nitrogen and oxygen atoms in total. The van der Waals surface area contributed by atoms with Gasteiger partial charge in [0.05, 0.1) is 16.7 Å². The highest BCUT2D eigenvalue weighted by Crippen LogP contribution is 2.40. The number of alkyl halides is 3. The molecule has 0 spiro atoms. The molecular formula is C24H14Br2F3N2+. The number of hydrogen-bond acceptors (Lipinski definition) is 0. The zero-order valence-corrected chi connectivity index (χ0v) is 19.0. The zero-order chi connectivity index (χ0) is 21.8. The highest BCUT2D eigenvalue weighted by Gasteiger charge is 2.31. The molecule has 0 fully saturated rings. The Hall–Kier alpha value is -2.64. The minimum Gasteiger partial charge on any atom is -0.361 e. The molecule has 0 saturated heterocycles. The lowest BCUT2D eigenvalue weighted by Crippen LogP contribution is -2.58. The van der Waals surface area contributed by atoms with Crippen molar-refractivity contribution < 1.29 is 18.2 Å². The number of aromatic amines is 1. The van der Waals surface area contributed by atoms with Crippen molar-refractivity contribution in [2.75, 3.05) is 0 Å². The number of benzene rings is 3. The van der Waals surface area contributed by atoms with Crippen molar-refractivity contribution in [2.24, 2.45) is 0 Å². The summed E-state index contributed by atoms with van der Waals surface area (Å²) in [5.74, 6) is 0. The molecule has 154 valence electrons. The normalized spacial score (nSPS) is 14.9. The third-order valence-corrected chi connectivity index (χ3v) is 6.31. The van der Waals surface area contributed by atoms with E-state index >= 15 is 0 Å². The molecule has 0 atom stereocenters. The lowest BCUT2D eigenvalue weighted by molar-refractivity contribution is -0.342. The van der Waals surface area contributed by atoms with Gasteiger partial charge in [-0.2, -0.15) is 13.2 Å². The lowest BCUT2D eigenvalue weighted by Gasteiger charge is -2.12. The first-order valence-electron chi connectivity index (χ1n) is 9.40. The van der Waals surface area contributed by atoms with Crippen LogP contribution in [0.3, 0.4) is 0 Å². The van der Waals surface area contributed by atoms with Gasteiger partial charge in [-0.25, -0.2) is 4.99 Å². The Kier molecular flexibility index (Phi) is 4.90. The molecule has 4 aromatic rings. The van der Waals surface area contributed by atoms with E-state index in [1.807, 2.05) is 48.8 Å². The van der Waals surface area contributed by atoms with E-state index in [4.69, 9.17) is 0 Å². The highest BCUT2D eigenvalue weighted by atomic mass is 79.9. The molecule has 3 aromatic carbocycles. The van der Waals surface area contributed by atoms with Crippen LogP contribution in [-0.2, 0) is 6.18 Å². The molecule has 1 aliphatic heterocycles. The number of halogens is 5. The third kappa shape index (κ3) is 3.66. The van der Waals surface area contributed by atoms with Crippen LogP contribution in [0.2, 0.25) is 0 Å². The summed E-state index contributed by atoms with van der Waals surface area (Å²) >= 11 is 7.05. The summed E-state index contributed by atoms with van der Waals surface area (Å²) in [5, 5.41) is 0.980. The van der Waals surface area contributed by atoms with Gasteiger partial charge < -0.3 is 4.98 Å². The predicted octanol–water partition coefficient (Wildman–Crippen LogP) is 6.47. The van der Waals surface area contributed by atoms with Crippen molar-refractivity contribution in [3.8, 4) is 0 Å². The van der Waals surface area contributed by atoms with Crippen molar-refractivity contribution in [2.45, 2.75) is 6.18 Å². The van der Waals surface area contributed by atoms with Crippen LogP contribution >= 0.6 is 31.9 Å². The SMILES string of the molecule is FC(F)(F)c1ccc(/C(=C2\C=[NH+]c3ccc(Br)cc32)c2c[nH]c3ccc(Br)cc23)cc1. The van der Waals surface area contributed by atoms with Gasteiger partial charge in [-0.3, -0.25) is 0 Å². The fourth-order valence-corrected chi connectivity index (χ4v) is 4.60. The first kappa shape index (κ1) is 20.3. The van der Waals surface area contributed by atoms with Gasteiger partial charge in [-0.1, -0.05) is 44.0 Å². The molecule has 0 amide bonds. The molecule has 1 aromatic heterocycles. The maximum absolute atomic E-state index is 13.1. The van der Waals surface area contributed by atoms with Gasteiger partial charge in [-0.15, -0.1) is 0 Å². The van der Waals surface area contributed by atoms with E-state index in [1.54, 1.807) is 0 Å². The first-order chi connectivity index (χ1) is 14.8. The average Bonchev–Trinajstić information content (AvgIpc) is 3.33. The van der Waals surface area contributed by atoms with Gasteiger partial charge in [0.1, 0.15) is 0 Å². The van der Waals surface area contributed by atoms with Crippen LogP contribution < -0.4 is 4.99 Å². The number of nitrogens with one attached hydrogen (secondary N) is 2. The molecule has 31 heavy (non-hydrogen) atoms. The standard InChI is InChI=1S/C24H13Br2F3N2/c25-15-5-7-21-17(9-15)19(11-30-21)23(13-1-3-14(4-2-13)24(27,28)29)20-12-31-22-8-6-16(26)10-18(20)22/h1-12,30H/p+1/b23-20-. The molecule has 0 saturated carbocycles. The number of H-pyrrole nitrogens is 1. The molecular weight excluding hydrogens is 533 g/mol. The second-order valence-corrected chi connectivity index (χ2v) is 9.07. The number of rotatable bonds is 2. The summed E-state index contributed by atoms with van der Waals surface area (Å²) in [6.07, 6.45) is -0.572.